The molecule has 0 aliphatic carbocycles. The molecule has 1 aromatic rings. The topological polar surface area (TPSA) is 29.5 Å². The summed E-state index contributed by atoms with van der Waals surface area (Å²) >= 11 is 0. The van der Waals surface area contributed by atoms with E-state index in [1.54, 1.807) is 0 Å². The van der Waals surface area contributed by atoms with Gasteiger partial charge in [-0.25, -0.2) is 4.39 Å². The van der Waals surface area contributed by atoms with Crippen LogP contribution in [0.3, 0.4) is 0 Å². The monoisotopic (exact) mass is 265 g/mol. The number of ketones is 1. The zero-order valence-corrected chi connectivity index (χ0v) is 11.5. The van der Waals surface area contributed by atoms with Gasteiger partial charge >= 0.3 is 0 Å². The van der Waals surface area contributed by atoms with Gasteiger partial charge in [0.2, 0.25) is 0 Å². The number of benzene rings is 1. The molecular formula is C15H20FNO2. The number of likely N-dealkylation sites (tertiary alicyclic amines) is 1. The van der Waals surface area contributed by atoms with Crippen molar-refractivity contribution in [3.05, 3.63) is 29.6 Å². The van der Waals surface area contributed by atoms with E-state index < -0.39 is 5.82 Å². The first-order valence-electron chi connectivity index (χ1n) is 6.73. The molecule has 1 aliphatic rings. The van der Waals surface area contributed by atoms with Crippen LogP contribution in [0.25, 0.3) is 0 Å². The van der Waals surface area contributed by atoms with E-state index >= 15 is 0 Å². The summed E-state index contributed by atoms with van der Waals surface area (Å²) in [6.07, 6.45) is 2.29. The maximum atomic E-state index is 13.3. The van der Waals surface area contributed by atoms with Crippen LogP contribution in [0.4, 0.5) is 4.39 Å². The van der Waals surface area contributed by atoms with Gasteiger partial charge in [-0.3, -0.25) is 9.69 Å². The Labute approximate surface area is 113 Å². The summed E-state index contributed by atoms with van der Waals surface area (Å²) in [6, 6.07) is 4.06. The average Bonchev–Trinajstić information content (AvgIpc) is 2.86. The van der Waals surface area contributed by atoms with Gasteiger partial charge in [-0.1, -0.05) is 13.3 Å². The molecule has 0 bridgehead atoms. The Hall–Kier alpha value is -1.42. The van der Waals surface area contributed by atoms with Crippen LogP contribution < -0.4 is 4.74 Å². The normalized spacial score (nSPS) is 19.6. The lowest BCUT2D eigenvalue weighted by molar-refractivity contribution is 0.0939. The molecule has 1 fully saturated rings. The number of carbonyl (C=O) groups is 1. The summed E-state index contributed by atoms with van der Waals surface area (Å²) in [5.41, 5.74) is 0.336. The maximum absolute atomic E-state index is 13.3. The summed E-state index contributed by atoms with van der Waals surface area (Å²) in [5.74, 6) is 0.643. The lowest BCUT2D eigenvalue weighted by atomic mass is 10.1. The van der Waals surface area contributed by atoms with Gasteiger partial charge in [0, 0.05) is 6.54 Å². The number of rotatable bonds is 5. The first-order valence-corrected chi connectivity index (χ1v) is 6.73. The van der Waals surface area contributed by atoms with Crippen LogP contribution >= 0.6 is 0 Å². The van der Waals surface area contributed by atoms with Gasteiger partial charge in [0.1, 0.15) is 11.6 Å². The zero-order valence-electron chi connectivity index (χ0n) is 11.5. The number of hydrogen-bond donors (Lipinski definition) is 0. The SMILES string of the molecule is CCC1CCN(CC(=O)c2cc(F)ccc2OC)C1. The van der Waals surface area contributed by atoms with Crippen molar-refractivity contribution in [2.45, 2.75) is 19.8 Å². The largest absolute Gasteiger partial charge is 0.496 e. The molecule has 1 aromatic carbocycles. The molecule has 0 aromatic heterocycles. The fraction of sp³-hybridized carbons (Fsp3) is 0.533. The van der Waals surface area contributed by atoms with Gasteiger partial charge in [-0.15, -0.1) is 0 Å². The molecule has 3 nitrogen and oxygen atoms in total. The number of carbonyl (C=O) groups excluding carboxylic acids is 1. The van der Waals surface area contributed by atoms with Gasteiger partial charge in [-0.2, -0.15) is 0 Å². The minimum absolute atomic E-state index is 0.0758. The molecule has 1 aliphatic heterocycles. The summed E-state index contributed by atoms with van der Waals surface area (Å²) < 4.78 is 18.4. The van der Waals surface area contributed by atoms with Gasteiger partial charge in [0.15, 0.2) is 5.78 Å². The smallest absolute Gasteiger partial charge is 0.180 e. The lowest BCUT2D eigenvalue weighted by Gasteiger charge is -2.15. The van der Waals surface area contributed by atoms with Crippen LogP contribution in [0.1, 0.15) is 30.1 Å². The van der Waals surface area contributed by atoms with Crippen molar-refractivity contribution in [1.82, 2.24) is 4.90 Å². The molecule has 1 saturated heterocycles. The molecule has 0 saturated carbocycles. The van der Waals surface area contributed by atoms with Crippen molar-refractivity contribution < 1.29 is 13.9 Å². The van der Waals surface area contributed by atoms with Gasteiger partial charge in [0.25, 0.3) is 0 Å². The summed E-state index contributed by atoms with van der Waals surface area (Å²) in [6.45, 7) is 4.42. The molecule has 1 heterocycles. The van der Waals surface area contributed by atoms with E-state index in [0.717, 1.165) is 25.9 Å². The van der Waals surface area contributed by atoms with Crippen molar-refractivity contribution in [2.75, 3.05) is 26.7 Å². The molecule has 1 unspecified atom stereocenters. The highest BCUT2D eigenvalue weighted by atomic mass is 19.1. The minimum Gasteiger partial charge on any atom is -0.496 e. The third-order valence-corrected chi connectivity index (χ3v) is 3.78. The molecular weight excluding hydrogens is 245 g/mol. The fourth-order valence-electron chi connectivity index (χ4n) is 2.58. The van der Waals surface area contributed by atoms with Crippen LogP contribution in [0, 0.1) is 11.7 Å². The zero-order chi connectivity index (χ0) is 13.8. The highest BCUT2D eigenvalue weighted by Crippen LogP contribution is 2.23. The number of ether oxygens (including phenoxy) is 1. The average molecular weight is 265 g/mol. The second kappa shape index (κ2) is 6.15. The highest BCUT2D eigenvalue weighted by molar-refractivity contribution is 6.00. The van der Waals surface area contributed by atoms with Crippen LogP contribution in [-0.4, -0.2) is 37.4 Å². The van der Waals surface area contributed by atoms with Crippen molar-refractivity contribution >= 4 is 5.78 Å². The number of halogens is 1. The third-order valence-electron chi connectivity index (χ3n) is 3.78. The summed E-state index contributed by atoms with van der Waals surface area (Å²) in [5, 5.41) is 0. The van der Waals surface area contributed by atoms with Gasteiger partial charge < -0.3 is 4.74 Å². The number of methoxy groups -OCH3 is 1. The fourth-order valence-corrected chi connectivity index (χ4v) is 2.58. The maximum Gasteiger partial charge on any atom is 0.180 e. The van der Waals surface area contributed by atoms with Crippen molar-refractivity contribution in [3.63, 3.8) is 0 Å². The molecule has 104 valence electrons. The van der Waals surface area contributed by atoms with Crippen LogP contribution in [0.2, 0.25) is 0 Å². The van der Waals surface area contributed by atoms with Crippen LogP contribution in [0.5, 0.6) is 5.75 Å². The van der Waals surface area contributed by atoms with E-state index in [1.165, 1.54) is 25.3 Å². The molecule has 4 heteroatoms. The van der Waals surface area contributed by atoms with Gasteiger partial charge in [-0.05, 0) is 37.1 Å². The first-order chi connectivity index (χ1) is 9.13. The predicted octanol–water partition coefficient (Wildman–Crippen LogP) is 2.75. The van der Waals surface area contributed by atoms with Crippen molar-refractivity contribution in [2.24, 2.45) is 5.92 Å². The first kappa shape index (κ1) is 14.0. The summed E-state index contributed by atoms with van der Waals surface area (Å²) in [4.78, 5) is 14.4. The van der Waals surface area contributed by atoms with E-state index in [-0.39, 0.29) is 5.78 Å². The second-order valence-electron chi connectivity index (χ2n) is 5.07. The Balaban J connectivity index is 2.06. The second-order valence-corrected chi connectivity index (χ2v) is 5.07. The van der Waals surface area contributed by atoms with Crippen LogP contribution in [0.15, 0.2) is 18.2 Å². The van der Waals surface area contributed by atoms with Crippen molar-refractivity contribution in [1.29, 1.82) is 0 Å². The Morgan fingerprint density at radius 2 is 2.32 bits per heavy atom. The molecule has 19 heavy (non-hydrogen) atoms. The van der Waals surface area contributed by atoms with Gasteiger partial charge in [0.05, 0.1) is 19.2 Å². The Kier molecular flexibility index (Phi) is 4.53. The Morgan fingerprint density at radius 3 is 2.95 bits per heavy atom. The van der Waals surface area contributed by atoms with E-state index in [0.29, 0.717) is 23.8 Å². The van der Waals surface area contributed by atoms with E-state index in [2.05, 4.69) is 11.8 Å². The Bertz CT molecular complexity index is 461. The molecule has 0 spiro atoms. The number of hydrogen-bond acceptors (Lipinski definition) is 3. The third kappa shape index (κ3) is 3.32. The molecule has 2 rings (SSSR count). The van der Waals surface area contributed by atoms with E-state index in [9.17, 15) is 9.18 Å². The molecule has 0 amide bonds. The standard InChI is InChI=1S/C15H20FNO2/c1-3-11-6-7-17(9-11)10-14(18)13-8-12(16)4-5-15(13)19-2/h4-5,8,11H,3,6-7,9-10H2,1-2H3. The molecule has 1 atom stereocenters. The Morgan fingerprint density at radius 1 is 1.53 bits per heavy atom. The summed E-state index contributed by atoms with van der Waals surface area (Å²) in [7, 11) is 1.49. The minimum atomic E-state index is -0.406. The van der Waals surface area contributed by atoms with E-state index in [1.807, 2.05) is 0 Å². The van der Waals surface area contributed by atoms with Crippen molar-refractivity contribution in [3.8, 4) is 5.75 Å². The molecule has 0 N–H and O–H groups in total. The highest BCUT2D eigenvalue weighted by Gasteiger charge is 2.24. The number of Topliss-reactive ketones (excluding diaryl/α,β-unsaturated/α-hetero) is 1. The quantitative estimate of drug-likeness (QED) is 0.767. The lowest BCUT2D eigenvalue weighted by Crippen LogP contribution is -2.28. The molecule has 0 radical (unpaired) electrons. The van der Waals surface area contributed by atoms with Crippen LogP contribution in [-0.2, 0) is 0 Å². The van der Waals surface area contributed by atoms with E-state index in [4.69, 9.17) is 4.74 Å². The number of nitrogens with zero attached hydrogens (tertiary/aromatic N) is 1. The predicted molar refractivity (Wildman–Crippen MR) is 72.1 cm³/mol.